The zero-order valence-corrected chi connectivity index (χ0v) is 11.3. The highest BCUT2D eigenvalue weighted by Crippen LogP contribution is 2.01. The highest BCUT2D eigenvalue weighted by atomic mass is 16.5. The van der Waals surface area contributed by atoms with Crippen molar-refractivity contribution in [3.63, 3.8) is 0 Å². The van der Waals surface area contributed by atoms with Crippen molar-refractivity contribution in [1.29, 1.82) is 0 Å². The Morgan fingerprint density at radius 3 is 2.47 bits per heavy atom. The first-order valence-corrected chi connectivity index (χ1v) is 6.53. The third kappa shape index (κ3) is 7.14. The minimum absolute atomic E-state index is 0.557. The molecular weight excluding hydrogens is 210 g/mol. The lowest BCUT2D eigenvalue weighted by Gasteiger charge is -2.15. The number of hydrogen-bond acceptors (Lipinski definition) is 2. The fourth-order valence-electron chi connectivity index (χ4n) is 1.62. The van der Waals surface area contributed by atoms with Crippen LogP contribution in [0.2, 0.25) is 0 Å². The van der Waals surface area contributed by atoms with Crippen molar-refractivity contribution in [2.75, 3.05) is 19.8 Å². The normalized spacial score (nSPS) is 12.9. The summed E-state index contributed by atoms with van der Waals surface area (Å²) in [4.78, 5) is 0. The third-order valence-corrected chi connectivity index (χ3v) is 2.65. The SMILES string of the molecule is CC(CNC(C)C)COCCc1ccccc1. The maximum atomic E-state index is 5.69. The molecule has 0 aliphatic heterocycles. The Bertz CT molecular complexity index is 284. The Kier molecular flexibility index (Phi) is 6.90. The standard InChI is InChI=1S/C15H25NO/c1-13(2)16-11-14(3)12-17-10-9-15-7-5-4-6-8-15/h4-8,13-14,16H,9-12H2,1-3H3. The molecule has 0 radical (unpaired) electrons. The topological polar surface area (TPSA) is 21.3 Å². The average molecular weight is 235 g/mol. The molecule has 2 nitrogen and oxygen atoms in total. The van der Waals surface area contributed by atoms with Gasteiger partial charge in [-0.3, -0.25) is 0 Å². The lowest BCUT2D eigenvalue weighted by Crippen LogP contribution is -2.29. The summed E-state index contributed by atoms with van der Waals surface area (Å²) in [5.74, 6) is 0.577. The average Bonchev–Trinajstić information content (AvgIpc) is 2.33. The summed E-state index contributed by atoms with van der Waals surface area (Å²) in [5.41, 5.74) is 1.35. The predicted molar refractivity (Wildman–Crippen MR) is 73.3 cm³/mol. The molecule has 2 heteroatoms. The van der Waals surface area contributed by atoms with Gasteiger partial charge in [-0.1, -0.05) is 51.1 Å². The molecule has 1 unspecified atom stereocenters. The van der Waals surface area contributed by atoms with Crippen LogP contribution in [0.1, 0.15) is 26.3 Å². The Morgan fingerprint density at radius 2 is 1.82 bits per heavy atom. The van der Waals surface area contributed by atoms with Crippen LogP contribution in [0, 0.1) is 5.92 Å². The number of ether oxygens (including phenoxy) is 1. The summed E-state index contributed by atoms with van der Waals surface area (Å²) in [5, 5.41) is 3.42. The number of hydrogen-bond donors (Lipinski definition) is 1. The molecule has 96 valence electrons. The molecule has 0 aromatic heterocycles. The van der Waals surface area contributed by atoms with Gasteiger partial charge in [-0.2, -0.15) is 0 Å². The van der Waals surface area contributed by atoms with Gasteiger partial charge in [-0.25, -0.2) is 0 Å². The zero-order valence-electron chi connectivity index (χ0n) is 11.3. The Labute approximate surface area is 105 Å². The predicted octanol–water partition coefficient (Wildman–Crippen LogP) is 2.88. The second-order valence-electron chi connectivity index (χ2n) is 4.98. The van der Waals surface area contributed by atoms with Gasteiger partial charge in [0.2, 0.25) is 0 Å². The van der Waals surface area contributed by atoms with Crippen LogP contribution in [0.25, 0.3) is 0 Å². The molecule has 0 amide bonds. The van der Waals surface area contributed by atoms with Crippen LogP contribution >= 0.6 is 0 Å². The van der Waals surface area contributed by atoms with E-state index in [9.17, 15) is 0 Å². The van der Waals surface area contributed by atoms with Gasteiger partial charge in [0.1, 0.15) is 0 Å². The van der Waals surface area contributed by atoms with E-state index in [4.69, 9.17) is 4.74 Å². The molecule has 1 aromatic rings. The summed E-state index contributed by atoms with van der Waals surface area (Å²) < 4.78 is 5.69. The van der Waals surface area contributed by atoms with Gasteiger partial charge in [0, 0.05) is 12.6 Å². The van der Waals surface area contributed by atoms with Crippen LogP contribution in [0.4, 0.5) is 0 Å². The minimum atomic E-state index is 0.557. The van der Waals surface area contributed by atoms with Gasteiger partial charge in [-0.15, -0.1) is 0 Å². The van der Waals surface area contributed by atoms with E-state index in [-0.39, 0.29) is 0 Å². The Balaban J connectivity index is 2.04. The van der Waals surface area contributed by atoms with E-state index in [0.29, 0.717) is 12.0 Å². The lowest BCUT2D eigenvalue weighted by atomic mass is 10.1. The molecular formula is C15H25NO. The van der Waals surface area contributed by atoms with Crippen molar-refractivity contribution in [2.24, 2.45) is 5.92 Å². The zero-order chi connectivity index (χ0) is 12.5. The van der Waals surface area contributed by atoms with Crippen molar-refractivity contribution in [2.45, 2.75) is 33.2 Å². The monoisotopic (exact) mass is 235 g/mol. The van der Waals surface area contributed by atoms with Crippen molar-refractivity contribution >= 4 is 0 Å². The number of rotatable bonds is 8. The van der Waals surface area contributed by atoms with Crippen LogP contribution < -0.4 is 5.32 Å². The quantitative estimate of drug-likeness (QED) is 0.700. The van der Waals surface area contributed by atoms with E-state index in [0.717, 1.165) is 26.2 Å². The van der Waals surface area contributed by atoms with Gasteiger partial charge in [0.15, 0.2) is 0 Å². The molecule has 1 rings (SSSR count). The molecule has 0 bridgehead atoms. The highest BCUT2D eigenvalue weighted by molar-refractivity contribution is 5.14. The van der Waals surface area contributed by atoms with E-state index < -0.39 is 0 Å². The molecule has 0 spiro atoms. The smallest absolute Gasteiger partial charge is 0.0506 e. The molecule has 17 heavy (non-hydrogen) atoms. The number of nitrogens with one attached hydrogen (secondary N) is 1. The fourth-order valence-corrected chi connectivity index (χ4v) is 1.62. The van der Waals surface area contributed by atoms with E-state index in [1.54, 1.807) is 0 Å². The Morgan fingerprint density at radius 1 is 1.12 bits per heavy atom. The van der Waals surface area contributed by atoms with Gasteiger partial charge >= 0.3 is 0 Å². The largest absolute Gasteiger partial charge is 0.381 e. The van der Waals surface area contributed by atoms with E-state index >= 15 is 0 Å². The summed E-state index contributed by atoms with van der Waals surface area (Å²) >= 11 is 0. The Hall–Kier alpha value is -0.860. The molecule has 0 aliphatic rings. The summed E-state index contributed by atoms with van der Waals surface area (Å²) in [6.07, 6.45) is 1.01. The minimum Gasteiger partial charge on any atom is -0.381 e. The number of benzene rings is 1. The van der Waals surface area contributed by atoms with Crippen LogP contribution in [-0.2, 0) is 11.2 Å². The van der Waals surface area contributed by atoms with Crippen molar-refractivity contribution in [3.8, 4) is 0 Å². The molecule has 1 atom stereocenters. The molecule has 1 N–H and O–H groups in total. The van der Waals surface area contributed by atoms with Crippen LogP contribution in [0.15, 0.2) is 30.3 Å². The van der Waals surface area contributed by atoms with Crippen molar-refractivity contribution < 1.29 is 4.74 Å². The maximum absolute atomic E-state index is 5.69. The lowest BCUT2D eigenvalue weighted by molar-refractivity contribution is 0.106. The molecule has 0 aliphatic carbocycles. The summed E-state index contributed by atoms with van der Waals surface area (Å²) in [6, 6.07) is 11.0. The summed E-state index contributed by atoms with van der Waals surface area (Å²) in [6.45, 7) is 9.25. The fraction of sp³-hybridized carbons (Fsp3) is 0.600. The molecule has 0 saturated carbocycles. The first-order valence-electron chi connectivity index (χ1n) is 6.53. The highest BCUT2D eigenvalue weighted by Gasteiger charge is 2.02. The maximum Gasteiger partial charge on any atom is 0.0506 e. The van der Waals surface area contributed by atoms with Crippen LogP contribution in [0.5, 0.6) is 0 Å². The molecule has 0 heterocycles. The van der Waals surface area contributed by atoms with Gasteiger partial charge in [-0.05, 0) is 17.9 Å². The van der Waals surface area contributed by atoms with E-state index in [1.807, 2.05) is 6.07 Å². The first-order chi connectivity index (χ1) is 8.18. The molecule has 0 fully saturated rings. The van der Waals surface area contributed by atoms with Crippen molar-refractivity contribution in [1.82, 2.24) is 5.32 Å². The second-order valence-corrected chi connectivity index (χ2v) is 4.98. The summed E-state index contributed by atoms with van der Waals surface area (Å²) in [7, 11) is 0. The van der Waals surface area contributed by atoms with Gasteiger partial charge < -0.3 is 10.1 Å². The van der Waals surface area contributed by atoms with E-state index in [2.05, 4.69) is 50.4 Å². The van der Waals surface area contributed by atoms with Crippen LogP contribution in [-0.4, -0.2) is 25.8 Å². The first kappa shape index (κ1) is 14.2. The third-order valence-electron chi connectivity index (χ3n) is 2.65. The van der Waals surface area contributed by atoms with Gasteiger partial charge in [0.05, 0.1) is 13.2 Å². The van der Waals surface area contributed by atoms with E-state index in [1.165, 1.54) is 5.56 Å². The molecule has 1 aromatic carbocycles. The van der Waals surface area contributed by atoms with Crippen LogP contribution in [0.3, 0.4) is 0 Å². The van der Waals surface area contributed by atoms with Crippen molar-refractivity contribution in [3.05, 3.63) is 35.9 Å². The van der Waals surface area contributed by atoms with Gasteiger partial charge in [0.25, 0.3) is 0 Å². The second kappa shape index (κ2) is 8.26. The molecule has 0 saturated heterocycles.